The molecule has 0 saturated carbocycles. The van der Waals surface area contributed by atoms with Crippen LogP contribution in [0.25, 0.3) is 0 Å². The SMILES string of the molecule is Cc1ccccc1CN(C(=O)CCCN(c1cccc(Cl)c1)S(C)(=O)=O)[C@H](Cc1ccccc1)C(=O)NC(C)C. The molecule has 214 valence electrons. The van der Waals surface area contributed by atoms with Crippen molar-refractivity contribution in [2.24, 2.45) is 0 Å². The van der Waals surface area contributed by atoms with Gasteiger partial charge in [-0.15, -0.1) is 0 Å². The van der Waals surface area contributed by atoms with Crippen LogP contribution in [0.3, 0.4) is 0 Å². The molecule has 0 heterocycles. The predicted octanol–water partition coefficient (Wildman–Crippen LogP) is 5.36. The van der Waals surface area contributed by atoms with E-state index in [1.165, 1.54) is 4.31 Å². The zero-order chi connectivity index (χ0) is 29.3. The number of carbonyl (C=O) groups excluding carboxylic acids is 2. The second-order valence-corrected chi connectivity index (χ2v) is 12.6. The lowest BCUT2D eigenvalue weighted by atomic mass is 10.0. The Kier molecular flexibility index (Phi) is 11.2. The van der Waals surface area contributed by atoms with Crippen molar-refractivity contribution in [1.29, 1.82) is 0 Å². The average Bonchev–Trinajstić information content (AvgIpc) is 2.89. The zero-order valence-corrected chi connectivity index (χ0v) is 25.1. The van der Waals surface area contributed by atoms with Crippen LogP contribution in [-0.2, 0) is 32.6 Å². The Labute approximate surface area is 243 Å². The maximum absolute atomic E-state index is 13.9. The summed E-state index contributed by atoms with van der Waals surface area (Å²) in [5.41, 5.74) is 3.35. The van der Waals surface area contributed by atoms with Gasteiger partial charge in [-0.2, -0.15) is 0 Å². The van der Waals surface area contributed by atoms with Crippen molar-refractivity contribution in [3.05, 3.63) is 101 Å². The van der Waals surface area contributed by atoms with Crippen LogP contribution in [-0.4, -0.2) is 50.0 Å². The van der Waals surface area contributed by atoms with Crippen molar-refractivity contribution in [3.63, 3.8) is 0 Å². The Morgan fingerprint density at radius 3 is 2.25 bits per heavy atom. The molecule has 1 N–H and O–H groups in total. The molecule has 0 aliphatic heterocycles. The normalized spacial score (nSPS) is 12.2. The molecule has 40 heavy (non-hydrogen) atoms. The van der Waals surface area contributed by atoms with E-state index in [9.17, 15) is 18.0 Å². The number of halogens is 1. The number of rotatable bonds is 13. The quantitative estimate of drug-likeness (QED) is 0.293. The molecule has 3 aromatic carbocycles. The molecule has 3 rings (SSSR count). The minimum Gasteiger partial charge on any atom is -0.352 e. The fraction of sp³-hybridized carbons (Fsp3) is 0.355. The first-order chi connectivity index (χ1) is 19.0. The number of hydrogen-bond donors (Lipinski definition) is 1. The Balaban J connectivity index is 1.89. The summed E-state index contributed by atoms with van der Waals surface area (Å²) >= 11 is 6.10. The number of hydrogen-bond acceptors (Lipinski definition) is 4. The van der Waals surface area contributed by atoms with E-state index in [2.05, 4.69) is 5.32 Å². The number of amides is 2. The van der Waals surface area contributed by atoms with Crippen LogP contribution in [0.5, 0.6) is 0 Å². The van der Waals surface area contributed by atoms with Crippen molar-refractivity contribution >= 4 is 39.1 Å². The fourth-order valence-electron chi connectivity index (χ4n) is 4.54. The maximum atomic E-state index is 13.9. The second kappa shape index (κ2) is 14.3. The van der Waals surface area contributed by atoms with Gasteiger partial charge >= 0.3 is 0 Å². The van der Waals surface area contributed by atoms with Crippen molar-refractivity contribution in [2.75, 3.05) is 17.1 Å². The van der Waals surface area contributed by atoms with Crippen LogP contribution in [0, 0.1) is 6.92 Å². The number of anilines is 1. The summed E-state index contributed by atoms with van der Waals surface area (Å²) in [7, 11) is -3.61. The van der Waals surface area contributed by atoms with E-state index in [0.717, 1.165) is 22.9 Å². The van der Waals surface area contributed by atoms with Gasteiger partial charge in [0.25, 0.3) is 0 Å². The maximum Gasteiger partial charge on any atom is 0.243 e. The molecule has 3 aromatic rings. The summed E-state index contributed by atoms with van der Waals surface area (Å²) in [6.07, 6.45) is 1.83. The van der Waals surface area contributed by atoms with E-state index in [1.54, 1.807) is 29.2 Å². The third-order valence-corrected chi connectivity index (χ3v) is 7.98. The highest BCUT2D eigenvalue weighted by atomic mass is 35.5. The van der Waals surface area contributed by atoms with E-state index in [4.69, 9.17) is 11.6 Å². The highest BCUT2D eigenvalue weighted by Gasteiger charge is 2.31. The first kappa shape index (κ1) is 31.2. The first-order valence-electron chi connectivity index (χ1n) is 13.4. The molecule has 0 unspecified atom stereocenters. The number of carbonyl (C=O) groups is 2. The van der Waals surface area contributed by atoms with Crippen LogP contribution in [0.2, 0.25) is 5.02 Å². The molecule has 0 fully saturated rings. The lowest BCUT2D eigenvalue weighted by Crippen LogP contribution is -2.52. The van der Waals surface area contributed by atoms with Gasteiger partial charge in [-0.25, -0.2) is 8.42 Å². The Bertz CT molecular complexity index is 1400. The van der Waals surface area contributed by atoms with Crippen molar-refractivity contribution < 1.29 is 18.0 Å². The molecule has 0 aromatic heterocycles. The molecule has 0 radical (unpaired) electrons. The predicted molar refractivity (Wildman–Crippen MR) is 162 cm³/mol. The molecule has 7 nitrogen and oxygen atoms in total. The van der Waals surface area contributed by atoms with Gasteiger partial charge < -0.3 is 10.2 Å². The lowest BCUT2D eigenvalue weighted by Gasteiger charge is -2.33. The largest absolute Gasteiger partial charge is 0.352 e. The van der Waals surface area contributed by atoms with E-state index < -0.39 is 16.1 Å². The molecule has 0 saturated heterocycles. The summed E-state index contributed by atoms with van der Waals surface area (Å²) in [6.45, 7) is 6.12. The van der Waals surface area contributed by atoms with Crippen molar-refractivity contribution in [3.8, 4) is 0 Å². The molecule has 2 amide bonds. The van der Waals surface area contributed by atoms with E-state index in [-0.39, 0.29) is 43.8 Å². The average molecular weight is 584 g/mol. The molecule has 1 atom stereocenters. The minimum atomic E-state index is -3.61. The topological polar surface area (TPSA) is 86.8 Å². The summed E-state index contributed by atoms with van der Waals surface area (Å²) < 4.78 is 26.4. The number of nitrogens with zero attached hydrogens (tertiary/aromatic N) is 2. The van der Waals surface area contributed by atoms with Gasteiger partial charge in [-0.1, -0.05) is 72.3 Å². The number of sulfonamides is 1. The Morgan fingerprint density at radius 1 is 0.950 bits per heavy atom. The molecule has 0 bridgehead atoms. The molecular formula is C31H38ClN3O4S. The molecular weight excluding hydrogens is 546 g/mol. The summed E-state index contributed by atoms with van der Waals surface area (Å²) in [6, 6.07) is 23.2. The summed E-state index contributed by atoms with van der Waals surface area (Å²) in [4.78, 5) is 29.0. The monoisotopic (exact) mass is 583 g/mol. The highest BCUT2D eigenvalue weighted by molar-refractivity contribution is 7.92. The van der Waals surface area contributed by atoms with Gasteiger partial charge in [-0.05, 0) is 62.1 Å². The summed E-state index contributed by atoms with van der Waals surface area (Å²) in [5, 5.41) is 3.41. The van der Waals surface area contributed by atoms with Crippen LogP contribution < -0.4 is 9.62 Å². The van der Waals surface area contributed by atoms with Gasteiger partial charge in [0.2, 0.25) is 21.8 Å². The van der Waals surface area contributed by atoms with Crippen LogP contribution in [0.4, 0.5) is 5.69 Å². The highest BCUT2D eigenvalue weighted by Crippen LogP contribution is 2.23. The molecule has 0 aliphatic rings. The molecule has 9 heteroatoms. The van der Waals surface area contributed by atoms with Crippen molar-refractivity contribution in [2.45, 2.75) is 58.7 Å². The van der Waals surface area contributed by atoms with Crippen LogP contribution >= 0.6 is 11.6 Å². The lowest BCUT2D eigenvalue weighted by molar-refractivity contribution is -0.141. The van der Waals surface area contributed by atoms with Crippen molar-refractivity contribution in [1.82, 2.24) is 10.2 Å². The second-order valence-electron chi connectivity index (χ2n) is 10.2. The number of benzene rings is 3. The number of nitrogens with one attached hydrogen (secondary N) is 1. The minimum absolute atomic E-state index is 0.0682. The Hall–Kier alpha value is -3.36. The van der Waals surface area contributed by atoms with E-state index in [1.807, 2.05) is 75.4 Å². The van der Waals surface area contributed by atoms with E-state index >= 15 is 0 Å². The Morgan fingerprint density at radius 2 is 1.62 bits per heavy atom. The van der Waals surface area contributed by atoms with Gasteiger partial charge in [-0.3, -0.25) is 13.9 Å². The third kappa shape index (κ3) is 9.10. The van der Waals surface area contributed by atoms with Gasteiger partial charge in [0.1, 0.15) is 6.04 Å². The van der Waals surface area contributed by atoms with Crippen LogP contribution in [0.15, 0.2) is 78.9 Å². The first-order valence-corrected chi connectivity index (χ1v) is 15.6. The van der Waals surface area contributed by atoms with E-state index in [0.29, 0.717) is 17.1 Å². The molecule has 0 spiro atoms. The third-order valence-electron chi connectivity index (χ3n) is 6.55. The molecule has 0 aliphatic carbocycles. The van der Waals surface area contributed by atoms with Gasteiger partial charge in [0.05, 0.1) is 11.9 Å². The zero-order valence-electron chi connectivity index (χ0n) is 23.5. The van der Waals surface area contributed by atoms with Gasteiger partial charge in [0, 0.05) is 37.0 Å². The number of aryl methyl sites for hydroxylation is 1. The van der Waals surface area contributed by atoms with Gasteiger partial charge in [0.15, 0.2) is 0 Å². The smallest absolute Gasteiger partial charge is 0.243 e. The summed E-state index contributed by atoms with van der Waals surface area (Å²) in [5.74, 6) is -0.444. The standard InChI is InChI=1S/C31H38ClN3O4S/c1-23(2)33-31(37)29(20-25-13-6-5-7-14-25)34(22-26-15-9-8-12-24(26)3)30(36)18-11-19-35(40(4,38)39)28-17-10-16-27(32)21-28/h5-10,12-17,21,23,29H,11,18-20,22H2,1-4H3,(H,33,37)/t29-/m1/s1. The van der Waals surface area contributed by atoms with Crippen LogP contribution in [0.1, 0.15) is 43.4 Å². The fourth-order valence-corrected chi connectivity index (χ4v) is 5.68.